The Labute approximate surface area is 138 Å². The molecule has 3 rings (SSSR count). The highest BCUT2D eigenvalue weighted by molar-refractivity contribution is 6.02. The lowest BCUT2D eigenvalue weighted by molar-refractivity contribution is 0.100. The molecular formula is C19H15FN2O2. The number of anilines is 1. The van der Waals surface area contributed by atoms with Crippen LogP contribution in [0, 0.1) is 5.82 Å². The van der Waals surface area contributed by atoms with Crippen LogP contribution >= 0.6 is 0 Å². The summed E-state index contributed by atoms with van der Waals surface area (Å²) in [5.74, 6) is -0.171. The van der Waals surface area contributed by atoms with E-state index < -0.39 is 5.91 Å². The number of nitrogens with two attached hydrogens (primary N) is 2. The number of benzene rings is 3. The van der Waals surface area contributed by atoms with Crippen molar-refractivity contribution in [1.82, 2.24) is 0 Å². The number of amides is 1. The zero-order valence-corrected chi connectivity index (χ0v) is 12.7. The third-order valence-electron chi connectivity index (χ3n) is 3.55. The molecule has 0 aliphatic heterocycles. The summed E-state index contributed by atoms with van der Waals surface area (Å²) in [6.07, 6.45) is 0. The first-order chi connectivity index (χ1) is 11.5. The molecule has 4 N–H and O–H groups in total. The summed E-state index contributed by atoms with van der Waals surface area (Å²) in [4.78, 5) is 11.7. The second-order valence-corrected chi connectivity index (χ2v) is 5.22. The van der Waals surface area contributed by atoms with Crippen molar-refractivity contribution in [2.24, 2.45) is 5.73 Å². The fraction of sp³-hybridized carbons (Fsp3) is 0. The van der Waals surface area contributed by atoms with Crippen molar-refractivity contribution < 1.29 is 13.9 Å². The van der Waals surface area contributed by atoms with Crippen LogP contribution in [0.15, 0.2) is 66.7 Å². The van der Waals surface area contributed by atoms with Crippen molar-refractivity contribution in [2.45, 2.75) is 0 Å². The minimum atomic E-state index is -0.644. The molecule has 4 nitrogen and oxygen atoms in total. The van der Waals surface area contributed by atoms with E-state index in [2.05, 4.69) is 0 Å². The van der Waals surface area contributed by atoms with Gasteiger partial charge in [0.05, 0.1) is 11.3 Å². The number of ether oxygens (including phenoxy) is 1. The van der Waals surface area contributed by atoms with Crippen molar-refractivity contribution in [2.75, 3.05) is 5.73 Å². The van der Waals surface area contributed by atoms with Crippen molar-refractivity contribution >= 4 is 11.6 Å². The minimum Gasteiger partial charge on any atom is -0.457 e. The molecular weight excluding hydrogens is 307 g/mol. The summed E-state index contributed by atoms with van der Waals surface area (Å²) in [6.45, 7) is 0. The van der Waals surface area contributed by atoms with E-state index in [0.29, 0.717) is 22.7 Å². The van der Waals surface area contributed by atoms with Gasteiger partial charge in [-0.25, -0.2) is 4.39 Å². The third-order valence-corrected chi connectivity index (χ3v) is 3.55. The Morgan fingerprint density at radius 3 is 2.21 bits per heavy atom. The molecule has 0 heterocycles. The van der Waals surface area contributed by atoms with E-state index >= 15 is 0 Å². The Morgan fingerprint density at radius 1 is 0.917 bits per heavy atom. The Kier molecular flexibility index (Phi) is 4.16. The van der Waals surface area contributed by atoms with Crippen molar-refractivity contribution in [1.29, 1.82) is 0 Å². The number of halogens is 1. The maximum Gasteiger partial charge on any atom is 0.250 e. The molecule has 0 aliphatic rings. The average Bonchev–Trinajstić information content (AvgIpc) is 2.59. The molecule has 5 heteroatoms. The molecule has 0 atom stereocenters. The molecule has 0 radical (unpaired) electrons. The highest BCUT2D eigenvalue weighted by Crippen LogP contribution is 2.34. The number of nitrogen functional groups attached to an aromatic ring is 1. The Hall–Kier alpha value is -3.34. The van der Waals surface area contributed by atoms with Crippen LogP contribution in [0.5, 0.6) is 11.5 Å². The Morgan fingerprint density at radius 2 is 1.58 bits per heavy atom. The van der Waals surface area contributed by atoms with E-state index in [1.54, 1.807) is 6.07 Å². The van der Waals surface area contributed by atoms with E-state index in [0.717, 1.165) is 5.56 Å². The molecule has 0 spiro atoms. The van der Waals surface area contributed by atoms with Gasteiger partial charge in [-0.3, -0.25) is 4.79 Å². The van der Waals surface area contributed by atoms with Gasteiger partial charge in [-0.05, 0) is 42.0 Å². The third kappa shape index (κ3) is 3.20. The molecule has 0 aliphatic carbocycles. The standard InChI is InChI=1S/C19H15FN2O2/c20-13-6-8-14(9-7-13)24-15-10-16(12-4-2-1-3-5-12)18(21)17(11-15)19(22)23/h1-11H,21H2,(H2,22,23). The van der Waals surface area contributed by atoms with E-state index in [4.69, 9.17) is 16.2 Å². The maximum absolute atomic E-state index is 13.0. The molecule has 0 fully saturated rings. The molecule has 0 saturated heterocycles. The average molecular weight is 322 g/mol. The van der Waals surface area contributed by atoms with Gasteiger partial charge < -0.3 is 16.2 Å². The van der Waals surface area contributed by atoms with Gasteiger partial charge in [0, 0.05) is 5.56 Å². The normalized spacial score (nSPS) is 10.4. The zero-order valence-electron chi connectivity index (χ0n) is 12.7. The van der Waals surface area contributed by atoms with E-state index in [9.17, 15) is 9.18 Å². The van der Waals surface area contributed by atoms with Gasteiger partial charge in [0.25, 0.3) is 5.91 Å². The molecule has 0 bridgehead atoms. The van der Waals surface area contributed by atoms with Gasteiger partial charge in [-0.1, -0.05) is 30.3 Å². The Bertz CT molecular complexity index is 878. The maximum atomic E-state index is 13.0. The van der Waals surface area contributed by atoms with Crippen molar-refractivity contribution in [3.8, 4) is 22.6 Å². The quantitative estimate of drug-likeness (QED) is 0.713. The molecule has 1 amide bonds. The lowest BCUT2D eigenvalue weighted by atomic mass is 9.99. The summed E-state index contributed by atoms with van der Waals surface area (Å²) in [5.41, 5.74) is 13.5. The number of rotatable bonds is 4. The predicted molar refractivity (Wildman–Crippen MR) is 91.3 cm³/mol. The van der Waals surface area contributed by atoms with Crippen LogP contribution < -0.4 is 16.2 Å². The molecule has 3 aromatic rings. The second kappa shape index (κ2) is 6.42. The van der Waals surface area contributed by atoms with Crippen LogP contribution in [0.25, 0.3) is 11.1 Å². The van der Waals surface area contributed by atoms with Crippen LogP contribution in [-0.4, -0.2) is 5.91 Å². The first kappa shape index (κ1) is 15.6. The van der Waals surface area contributed by atoms with Crippen LogP contribution in [0.4, 0.5) is 10.1 Å². The largest absolute Gasteiger partial charge is 0.457 e. The number of hydrogen-bond donors (Lipinski definition) is 2. The highest BCUT2D eigenvalue weighted by Gasteiger charge is 2.15. The first-order valence-electron chi connectivity index (χ1n) is 7.27. The van der Waals surface area contributed by atoms with E-state index in [1.165, 1.54) is 30.3 Å². The SMILES string of the molecule is NC(=O)c1cc(Oc2ccc(F)cc2)cc(-c2ccccc2)c1N. The smallest absolute Gasteiger partial charge is 0.250 e. The van der Waals surface area contributed by atoms with E-state index in [1.807, 2.05) is 30.3 Å². The molecule has 0 saturated carbocycles. The van der Waals surface area contributed by atoms with Gasteiger partial charge >= 0.3 is 0 Å². The lowest BCUT2D eigenvalue weighted by Crippen LogP contribution is -2.14. The molecule has 0 unspecified atom stereocenters. The van der Waals surface area contributed by atoms with Gasteiger partial charge in [-0.2, -0.15) is 0 Å². The fourth-order valence-electron chi connectivity index (χ4n) is 2.38. The summed E-state index contributed by atoms with van der Waals surface area (Å²) < 4.78 is 18.7. The highest BCUT2D eigenvalue weighted by atomic mass is 19.1. The molecule has 120 valence electrons. The monoisotopic (exact) mass is 322 g/mol. The summed E-state index contributed by atoms with van der Waals surface area (Å²) in [7, 11) is 0. The van der Waals surface area contributed by atoms with Gasteiger partial charge in [0.1, 0.15) is 17.3 Å². The number of hydrogen-bond acceptors (Lipinski definition) is 3. The van der Waals surface area contributed by atoms with Crippen LogP contribution in [0.3, 0.4) is 0 Å². The van der Waals surface area contributed by atoms with Crippen molar-refractivity contribution in [3.05, 3.63) is 78.1 Å². The fourth-order valence-corrected chi connectivity index (χ4v) is 2.38. The second-order valence-electron chi connectivity index (χ2n) is 5.22. The molecule has 0 aromatic heterocycles. The van der Waals surface area contributed by atoms with Crippen LogP contribution in [-0.2, 0) is 0 Å². The van der Waals surface area contributed by atoms with Gasteiger partial charge in [0.2, 0.25) is 0 Å². The molecule has 3 aromatic carbocycles. The van der Waals surface area contributed by atoms with Gasteiger partial charge in [0.15, 0.2) is 0 Å². The number of primary amides is 1. The zero-order chi connectivity index (χ0) is 17.1. The topological polar surface area (TPSA) is 78.3 Å². The number of carbonyl (C=O) groups excluding carboxylic acids is 1. The van der Waals surface area contributed by atoms with Crippen molar-refractivity contribution in [3.63, 3.8) is 0 Å². The minimum absolute atomic E-state index is 0.175. The first-order valence-corrected chi connectivity index (χ1v) is 7.27. The summed E-state index contributed by atoms with van der Waals surface area (Å²) in [6, 6.07) is 18.1. The lowest BCUT2D eigenvalue weighted by Gasteiger charge is -2.13. The van der Waals surface area contributed by atoms with Crippen LogP contribution in [0.2, 0.25) is 0 Å². The summed E-state index contributed by atoms with van der Waals surface area (Å²) >= 11 is 0. The number of carbonyl (C=O) groups is 1. The summed E-state index contributed by atoms with van der Waals surface area (Å²) in [5, 5.41) is 0. The van der Waals surface area contributed by atoms with Gasteiger partial charge in [-0.15, -0.1) is 0 Å². The van der Waals surface area contributed by atoms with E-state index in [-0.39, 0.29) is 11.4 Å². The predicted octanol–water partition coefficient (Wildman–Crippen LogP) is 3.97. The Balaban J connectivity index is 2.08. The van der Waals surface area contributed by atoms with Crippen LogP contribution in [0.1, 0.15) is 10.4 Å². The molecule has 24 heavy (non-hydrogen) atoms.